The van der Waals surface area contributed by atoms with Crippen molar-refractivity contribution >= 4 is 5.78 Å². The zero-order valence-corrected chi connectivity index (χ0v) is 19.6. The van der Waals surface area contributed by atoms with Gasteiger partial charge in [0.05, 0.1) is 5.60 Å². The normalized spacial score (nSPS) is 43.2. The zero-order valence-electron chi connectivity index (χ0n) is 19.6. The molecule has 7 atom stereocenters. The third-order valence-corrected chi connectivity index (χ3v) is 10.3. The van der Waals surface area contributed by atoms with Crippen molar-refractivity contribution in [1.82, 2.24) is 0 Å². The average molecular weight is 401 g/mol. The Hall–Kier alpha value is -0.630. The molecular formula is C27H44O2. The van der Waals surface area contributed by atoms with Gasteiger partial charge in [0, 0.05) is 6.42 Å². The number of fused-ring (bicyclic) bond motifs is 5. The first kappa shape index (κ1) is 21.6. The van der Waals surface area contributed by atoms with E-state index in [0.717, 1.165) is 55.3 Å². The summed E-state index contributed by atoms with van der Waals surface area (Å²) in [5, 5.41) is 10.3. The van der Waals surface area contributed by atoms with Crippen molar-refractivity contribution in [2.24, 2.45) is 40.4 Å². The fourth-order valence-electron chi connectivity index (χ4n) is 8.60. The largest absolute Gasteiger partial charge is 0.390 e. The smallest absolute Gasteiger partial charge is 0.155 e. The lowest BCUT2D eigenvalue weighted by molar-refractivity contribution is -0.117. The Labute approximate surface area is 178 Å². The van der Waals surface area contributed by atoms with Crippen LogP contribution in [0.4, 0.5) is 0 Å². The van der Waals surface area contributed by atoms with Crippen LogP contribution in [0.25, 0.3) is 0 Å². The molecule has 3 fully saturated rings. The number of rotatable bonds is 5. The van der Waals surface area contributed by atoms with Crippen molar-refractivity contribution in [2.75, 3.05) is 0 Å². The van der Waals surface area contributed by atoms with E-state index in [2.05, 4.69) is 20.8 Å². The van der Waals surface area contributed by atoms with Gasteiger partial charge in [-0.2, -0.15) is 0 Å². The number of carbonyl (C=O) groups is 1. The standard InChI is InChI=1S/C27H44O2/c1-6-18(11-14-25(2,3)29)22-9-10-23-21-8-7-19-17-20(28)12-15-26(19,4)24(21)13-16-27(22,23)5/h17-18,21-24,29H,6-16H2,1-5H3. The van der Waals surface area contributed by atoms with Gasteiger partial charge in [-0.3, -0.25) is 4.79 Å². The average Bonchev–Trinajstić information content (AvgIpc) is 2.99. The molecule has 164 valence electrons. The Morgan fingerprint density at radius 3 is 2.55 bits per heavy atom. The summed E-state index contributed by atoms with van der Waals surface area (Å²) in [6.45, 7) is 11.4. The van der Waals surface area contributed by atoms with Crippen LogP contribution < -0.4 is 0 Å². The Bertz CT molecular complexity index is 671. The van der Waals surface area contributed by atoms with E-state index < -0.39 is 5.60 Å². The molecule has 0 aromatic rings. The van der Waals surface area contributed by atoms with Gasteiger partial charge in [0.2, 0.25) is 0 Å². The lowest BCUT2D eigenvalue weighted by atomic mass is 9.46. The third kappa shape index (κ3) is 3.66. The van der Waals surface area contributed by atoms with E-state index in [1.807, 2.05) is 19.9 Å². The summed E-state index contributed by atoms with van der Waals surface area (Å²) in [4.78, 5) is 12.0. The third-order valence-electron chi connectivity index (χ3n) is 10.3. The highest BCUT2D eigenvalue weighted by Gasteiger charge is 2.59. The molecule has 0 aliphatic heterocycles. The topological polar surface area (TPSA) is 37.3 Å². The molecule has 0 saturated heterocycles. The molecule has 2 nitrogen and oxygen atoms in total. The van der Waals surface area contributed by atoms with Crippen molar-refractivity contribution < 1.29 is 9.90 Å². The number of allylic oxidation sites excluding steroid dienone is 1. The Morgan fingerprint density at radius 1 is 1.10 bits per heavy atom. The number of hydrogen-bond acceptors (Lipinski definition) is 2. The molecule has 29 heavy (non-hydrogen) atoms. The van der Waals surface area contributed by atoms with Crippen LogP contribution >= 0.6 is 0 Å². The minimum atomic E-state index is -0.539. The number of carbonyl (C=O) groups excluding carboxylic acids is 1. The highest BCUT2D eigenvalue weighted by molar-refractivity contribution is 5.91. The number of aliphatic hydroxyl groups is 1. The van der Waals surface area contributed by atoms with Crippen LogP contribution in [0.1, 0.15) is 105 Å². The predicted molar refractivity (Wildman–Crippen MR) is 120 cm³/mol. The molecule has 0 aromatic carbocycles. The summed E-state index contributed by atoms with van der Waals surface area (Å²) < 4.78 is 0. The first-order valence-electron chi connectivity index (χ1n) is 12.5. The van der Waals surface area contributed by atoms with Crippen LogP contribution in [-0.2, 0) is 4.79 Å². The van der Waals surface area contributed by atoms with Crippen LogP contribution in [0.2, 0.25) is 0 Å². The minimum absolute atomic E-state index is 0.293. The second kappa shape index (κ2) is 7.50. The molecule has 0 amide bonds. The van der Waals surface area contributed by atoms with Crippen molar-refractivity contribution in [1.29, 1.82) is 0 Å². The van der Waals surface area contributed by atoms with Crippen LogP contribution in [0.5, 0.6) is 0 Å². The molecule has 7 unspecified atom stereocenters. The highest BCUT2D eigenvalue weighted by atomic mass is 16.3. The first-order chi connectivity index (χ1) is 13.6. The van der Waals surface area contributed by atoms with Gasteiger partial charge in [0.1, 0.15) is 0 Å². The summed E-state index contributed by atoms with van der Waals surface area (Å²) >= 11 is 0. The van der Waals surface area contributed by atoms with Crippen molar-refractivity contribution in [2.45, 2.75) is 111 Å². The number of ketones is 1. The van der Waals surface area contributed by atoms with Gasteiger partial charge >= 0.3 is 0 Å². The molecule has 4 aliphatic carbocycles. The summed E-state index contributed by atoms with van der Waals surface area (Å²) in [7, 11) is 0. The maximum Gasteiger partial charge on any atom is 0.155 e. The second-order valence-corrected chi connectivity index (χ2v) is 12.2. The molecule has 2 heteroatoms. The molecule has 0 heterocycles. The molecule has 0 radical (unpaired) electrons. The summed E-state index contributed by atoms with van der Waals surface area (Å²) in [5.41, 5.74) is 1.73. The second-order valence-electron chi connectivity index (χ2n) is 12.2. The molecular weight excluding hydrogens is 356 g/mol. The molecule has 4 aliphatic rings. The number of hydrogen-bond donors (Lipinski definition) is 1. The first-order valence-corrected chi connectivity index (χ1v) is 12.5. The van der Waals surface area contributed by atoms with Crippen LogP contribution in [0, 0.1) is 40.4 Å². The quantitative estimate of drug-likeness (QED) is 0.556. The van der Waals surface area contributed by atoms with Gasteiger partial charge in [0.25, 0.3) is 0 Å². The van der Waals surface area contributed by atoms with Crippen LogP contribution in [0.15, 0.2) is 11.6 Å². The van der Waals surface area contributed by atoms with Crippen molar-refractivity contribution in [3.8, 4) is 0 Å². The monoisotopic (exact) mass is 400 g/mol. The molecule has 4 rings (SSSR count). The van der Waals surface area contributed by atoms with Crippen LogP contribution in [-0.4, -0.2) is 16.5 Å². The fourth-order valence-corrected chi connectivity index (χ4v) is 8.60. The summed E-state index contributed by atoms with van der Waals surface area (Å²) in [6, 6.07) is 0. The van der Waals surface area contributed by atoms with Gasteiger partial charge in [-0.05, 0) is 118 Å². The fraction of sp³-hybridized carbons (Fsp3) is 0.889. The van der Waals surface area contributed by atoms with E-state index in [1.54, 1.807) is 0 Å². The maximum atomic E-state index is 12.0. The highest BCUT2D eigenvalue weighted by Crippen LogP contribution is 2.67. The van der Waals surface area contributed by atoms with Gasteiger partial charge in [-0.15, -0.1) is 0 Å². The Kier molecular flexibility index (Phi) is 5.59. The molecule has 0 spiro atoms. The summed E-state index contributed by atoms with van der Waals surface area (Å²) in [5.74, 6) is 4.49. The van der Waals surface area contributed by atoms with E-state index in [9.17, 15) is 9.90 Å². The molecule has 3 saturated carbocycles. The summed E-state index contributed by atoms with van der Waals surface area (Å²) in [6.07, 6.45) is 15.3. The van der Waals surface area contributed by atoms with E-state index in [0.29, 0.717) is 16.6 Å². The predicted octanol–water partition coefficient (Wildman–Crippen LogP) is 6.71. The van der Waals surface area contributed by atoms with Crippen molar-refractivity contribution in [3.05, 3.63) is 11.6 Å². The lowest BCUT2D eigenvalue weighted by Crippen LogP contribution is -2.51. The maximum absolute atomic E-state index is 12.0. The zero-order chi connectivity index (χ0) is 21.0. The van der Waals surface area contributed by atoms with E-state index >= 15 is 0 Å². The van der Waals surface area contributed by atoms with Gasteiger partial charge in [-0.1, -0.05) is 32.8 Å². The van der Waals surface area contributed by atoms with E-state index in [1.165, 1.54) is 50.5 Å². The van der Waals surface area contributed by atoms with Gasteiger partial charge < -0.3 is 5.11 Å². The SMILES string of the molecule is CCC(CCC(C)(C)O)C1CCC2C3CCC4=CC(=O)CCC4(C)C3CCC12C. The van der Waals surface area contributed by atoms with E-state index in [-0.39, 0.29) is 0 Å². The minimum Gasteiger partial charge on any atom is -0.390 e. The van der Waals surface area contributed by atoms with Gasteiger partial charge in [-0.25, -0.2) is 0 Å². The van der Waals surface area contributed by atoms with Gasteiger partial charge in [0.15, 0.2) is 5.78 Å². The molecule has 0 bridgehead atoms. The molecule has 0 aromatic heterocycles. The van der Waals surface area contributed by atoms with Crippen molar-refractivity contribution in [3.63, 3.8) is 0 Å². The van der Waals surface area contributed by atoms with Crippen LogP contribution in [0.3, 0.4) is 0 Å². The molecule has 1 N–H and O–H groups in total. The Balaban J connectivity index is 1.54. The van der Waals surface area contributed by atoms with E-state index in [4.69, 9.17) is 0 Å². The lowest BCUT2D eigenvalue weighted by Gasteiger charge is -2.58. The Morgan fingerprint density at radius 2 is 1.86 bits per heavy atom.